The Morgan fingerprint density at radius 2 is 1.81 bits per heavy atom. The van der Waals surface area contributed by atoms with Crippen LogP contribution in [0.25, 0.3) is 16.6 Å². The lowest BCUT2D eigenvalue weighted by Crippen LogP contribution is -1.99. The number of nitrogens with zero attached hydrogens (tertiary/aromatic N) is 1. The van der Waals surface area contributed by atoms with Crippen molar-refractivity contribution in [1.29, 1.82) is 0 Å². The van der Waals surface area contributed by atoms with E-state index in [-0.39, 0.29) is 17.9 Å². The molecule has 4 rings (SSSR count). The molecule has 4 aromatic rings. The van der Waals surface area contributed by atoms with E-state index in [1.807, 2.05) is 36.4 Å². The highest BCUT2D eigenvalue weighted by Gasteiger charge is 2.19. The average molecular weight is 361 g/mol. The monoisotopic (exact) mass is 361 g/mol. The number of hydrogen-bond acceptors (Lipinski definition) is 2. The van der Waals surface area contributed by atoms with Gasteiger partial charge >= 0.3 is 5.97 Å². The van der Waals surface area contributed by atoms with Gasteiger partial charge in [0, 0.05) is 18.0 Å². The van der Waals surface area contributed by atoms with Gasteiger partial charge in [0.15, 0.2) is 11.6 Å². The molecule has 5 heteroatoms. The standard InChI is InChI=1S/C22H16FNO3/c23-18-12-16(9-10-20(18)27-14-15-6-2-1-3-7-15)17-13-24-11-5-4-8-19(24)21(17)22(25)26/h1-13H,14H2,(H,25,26). The molecule has 1 N–H and O–H groups in total. The predicted molar refractivity (Wildman–Crippen MR) is 101 cm³/mol. The number of carboxylic acids is 1. The minimum absolute atomic E-state index is 0.128. The number of aromatic carboxylic acids is 1. The van der Waals surface area contributed by atoms with Crippen LogP contribution in [0.5, 0.6) is 5.75 Å². The molecule has 0 atom stereocenters. The fourth-order valence-electron chi connectivity index (χ4n) is 3.09. The van der Waals surface area contributed by atoms with Crippen molar-refractivity contribution in [3.05, 3.63) is 96.1 Å². The number of benzene rings is 2. The van der Waals surface area contributed by atoms with Crippen molar-refractivity contribution in [3.8, 4) is 16.9 Å². The van der Waals surface area contributed by atoms with Gasteiger partial charge in [0.25, 0.3) is 0 Å². The maximum Gasteiger partial charge on any atom is 0.338 e. The van der Waals surface area contributed by atoms with Gasteiger partial charge in [-0.25, -0.2) is 9.18 Å². The van der Waals surface area contributed by atoms with Crippen LogP contribution in [-0.4, -0.2) is 15.5 Å². The van der Waals surface area contributed by atoms with Crippen molar-refractivity contribution in [2.45, 2.75) is 6.61 Å². The number of carbonyl (C=O) groups is 1. The summed E-state index contributed by atoms with van der Waals surface area (Å²) < 4.78 is 21.8. The van der Waals surface area contributed by atoms with E-state index in [1.54, 1.807) is 35.0 Å². The highest BCUT2D eigenvalue weighted by Crippen LogP contribution is 2.32. The molecule has 0 unspecified atom stereocenters. The zero-order valence-electron chi connectivity index (χ0n) is 14.3. The molecule has 4 nitrogen and oxygen atoms in total. The lowest BCUT2D eigenvalue weighted by atomic mass is 10.0. The number of fused-ring (bicyclic) bond motifs is 1. The largest absolute Gasteiger partial charge is 0.486 e. The first kappa shape index (κ1) is 16.8. The van der Waals surface area contributed by atoms with E-state index < -0.39 is 11.8 Å². The normalized spacial score (nSPS) is 10.9. The first-order valence-electron chi connectivity index (χ1n) is 8.43. The first-order chi connectivity index (χ1) is 13.1. The molecule has 0 radical (unpaired) electrons. The SMILES string of the molecule is O=C(O)c1c(-c2ccc(OCc3ccccc3)c(F)c2)cn2ccccc12. The summed E-state index contributed by atoms with van der Waals surface area (Å²) in [6.45, 7) is 0.258. The highest BCUT2D eigenvalue weighted by molar-refractivity contribution is 6.03. The van der Waals surface area contributed by atoms with Crippen molar-refractivity contribution in [1.82, 2.24) is 4.40 Å². The predicted octanol–water partition coefficient (Wildman–Crippen LogP) is 5.02. The smallest absolute Gasteiger partial charge is 0.338 e. The minimum Gasteiger partial charge on any atom is -0.486 e. The van der Waals surface area contributed by atoms with E-state index in [4.69, 9.17) is 4.74 Å². The van der Waals surface area contributed by atoms with E-state index in [0.29, 0.717) is 16.6 Å². The molecule has 0 fully saturated rings. The van der Waals surface area contributed by atoms with Crippen molar-refractivity contribution >= 4 is 11.5 Å². The summed E-state index contributed by atoms with van der Waals surface area (Å²) in [5.41, 5.74) is 2.59. The maximum atomic E-state index is 14.5. The van der Waals surface area contributed by atoms with Crippen LogP contribution < -0.4 is 4.74 Å². The lowest BCUT2D eigenvalue weighted by Gasteiger charge is -2.09. The summed E-state index contributed by atoms with van der Waals surface area (Å²) in [7, 11) is 0. The maximum absolute atomic E-state index is 14.5. The fourth-order valence-corrected chi connectivity index (χ4v) is 3.09. The molecule has 0 amide bonds. The molecule has 0 aliphatic heterocycles. The second-order valence-electron chi connectivity index (χ2n) is 6.14. The van der Waals surface area contributed by atoms with E-state index in [2.05, 4.69) is 0 Å². The fraction of sp³-hybridized carbons (Fsp3) is 0.0455. The molecule has 2 heterocycles. The van der Waals surface area contributed by atoms with Gasteiger partial charge in [0.05, 0.1) is 11.1 Å². The molecule has 2 aromatic carbocycles. The first-order valence-corrected chi connectivity index (χ1v) is 8.43. The molecule has 0 aliphatic rings. The number of hydrogen-bond donors (Lipinski definition) is 1. The van der Waals surface area contributed by atoms with Crippen molar-refractivity contribution in [2.75, 3.05) is 0 Å². The summed E-state index contributed by atoms with van der Waals surface area (Å²) in [6.07, 6.45) is 3.46. The van der Waals surface area contributed by atoms with Crippen LogP contribution >= 0.6 is 0 Å². The minimum atomic E-state index is -1.05. The molecular weight excluding hydrogens is 345 g/mol. The summed E-state index contributed by atoms with van der Waals surface area (Å²) in [5.74, 6) is -1.46. The zero-order valence-corrected chi connectivity index (χ0v) is 14.3. The Labute approximate surface area is 155 Å². The molecule has 0 saturated carbocycles. The Balaban J connectivity index is 1.67. The second-order valence-corrected chi connectivity index (χ2v) is 6.14. The Hall–Kier alpha value is -3.60. The molecule has 0 bridgehead atoms. The molecule has 2 aromatic heterocycles. The molecule has 134 valence electrons. The zero-order chi connectivity index (χ0) is 18.8. The summed E-state index contributed by atoms with van der Waals surface area (Å²) in [5, 5.41) is 9.62. The topological polar surface area (TPSA) is 50.9 Å². The Morgan fingerprint density at radius 3 is 2.56 bits per heavy atom. The lowest BCUT2D eigenvalue weighted by molar-refractivity contribution is 0.0700. The summed E-state index contributed by atoms with van der Waals surface area (Å²) in [4.78, 5) is 11.7. The van der Waals surface area contributed by atoms with Crippen LogP contribution in [0.4, 0.5) is 4.39 Å². The molecule has 27 heavy (non-hydrogen) atoms. The van der Waals surface area contributed by atoms with Crippen LogP contribution in [0.2, 0.25) is 0 Å². The Bertz CT molecular complexity index is 1120. The number of carboxylic acid groups (broad SMARTS) is 1. The van der Waals surface area contributed by atoms with Gasteiger partial charge in [-0.3, -0.25) is 0 Å². The van der Waals surface area contributed by atoms with Gasteiger partial charge in [0.1, 0.15) is 6.61 Å². The number of pyridine rings is 1. The molecule has 0 saturated heterocycles. The van der Waals surface area contributed by atoms with Gasteiger partial charge < -0.3 is 14.2 Å². The van der Waals surface area contributed by atoms with Crippen molar-refractivity contribution in [2.24, 2.45) is 0 Å². The molecule has 0 spiro atoms. The quantitative estimate of drug-likeness (QED) is 0.543. The average Bonchev–Trinajstić information content (AvgIpc) is 3.07. The number of ether oxygens (including phenoxy) is 1. The number of rotatable bonds is 5. The van der Waals surface area contributed by atoms with E-state index >= 15 is 0 Å². The van der Waals surface area contributed by atoms with Crippen LogP contribution in [0, 0.1) is 5.82 Å². The van der Waals surface area contributed by atoms with Gasteiger partial charge in [-0.1, -0.05) is 42.5 Å². The second kappa shape index (κ2) is 6.96. The van der Waals surface area contributed by atoms with Crippen LogP contribution in [0.15, 0.2) is 79.1 Å². The van der Waals surface area contributed by atoms with Crippen LogP contribution in [0.1, 0.15) is 15.9 Å². The van der Waals surface area contributed by atoms with Gasteiger partial charge in [-0.15, -0.1) is 0 Å². The van der Waals surface area contributed by atoms with E-state index in [1.165, 1.54) is 12.1 Å². The van der Waals surface area contributed by atoms with Crippen molar-refractivity contribution in [3.63, 3.8) is 0 Å². The van der Waals surface area contributed by atoms with Crippen LogP contribution in [0.3, 0.4) is 0 Å². The summed E-state index contributed by atoms with van der Waals surface area (Å²) >= 11 is 0. The van der Waals surface area contributed by atoms with E-state index in [9.17, 15) is 14.3 Å². The third kappa shape index (κ3) is 3.27. The van der Waals surface area contributed by atoms with Gasteiger partial charge in [-0.2, -0.15) is 0 Å². The van der Waals surface area contributed by atoms with E-state index in [0.717, 1.165) is 5.56 Å². The Kier molecular flexibility index (Phi) is 4.34. The third-order valence-electron chi connectivity index (χ3n) is 4.38. The van der Waals surface area contributed by atoms with Gasteiger partial charge in [-0.05, 0) is 35.4 Å². The summed E-state index contributed by atoms with van der Waals surface area (Å²) in [6, 6.07) is 19.3. The number of aromatic nitrogens is 1. The third-order valence-corrected chi connectivity index (χ3v) is 4.38. The molecule has 0 aliphatic carbocycles. The number of halogens is 1. The van der Waals surface area contributed by atoms with Gasteiger partial charge in [0.2, 0.25) is 0 Å². The Morgan fingerprint density at radius 1 is 1.04 bits per heavy atom. The molecular formula is C22H16FNO3. The van der Waals surface area contributed by atoms with Crippen molar-refractivity contribution < 1.29 is 19.0 Å². The van der Waals surface area contributed by atoms with Crippen LogP contribution in [-0.2, 0) is 6.61 Å². The highest BCUT2D eigenvalue weighted by atomic mass is 19.1.